The molecule has 0 saturated carbocycles. The summed E-state index contributed by atoms with van der Waals surface area (Å²) in [5.74, 6) is -0.885. The molecule has 1 aromatic carbocycles. The molecular formula is C20H24F2N2O6S. The van der Waals surface area contributed by atoms with Crippen LogP contribution in [0, 0.1) is 0 Å². The lowest BCUT2D eigenvalue weighted by Crippen LogP contribution is -2.41. The van der Waals surface area contributed by atoms with E-state index in [1.54, 1.807) is 6.92 Å². The number of carbonyl (C=O) groups excluding carboxylic acids is 3. The SMILES string of the molecule is CCOC(CC)C(=O)NCCN1C(=O)S/C(=C/c2ccc(OC(F)F)c(OC)c2)C1=O. The molecule has 1 heterocycles. The Labute approximate surface area is 182 Å². The van der Waals surface area contributed by atoms with E-state index in [0.717, 1.165) is 16.7 Å². The Morgan fingerprint density at radius 1 is 1.26 bits per heavy atom. The predicted octanol–water partition coefficient (Wildman–Crippen LogP) is 3.26. The van der Waals surface area contributed by atoms with Crippen LogP contribution in [0.2, 0.25) is 0 Å². The Balaban J connectivity index is 2.03. The Morgan fingerprint density at radius 3 is 2.61 bits per heavy atom. The van der Waals surface area contributed by atoms with Crippen molar-refractivity contribution in [1.82, 2.24) is 10.2 Å². The van der Waals surface area contributed by atoms with Crippen LogP contribution in [0.5, 0.6) is 11.5 Å². The smallest absolute Gasteiger partial charge is 0.387 e. The number of benzene rings is 1. The highest BCUT2D eigenvalue weighted by molar-refractivity contribution is 8.18. The van der Waals surface area contributed by atoms with E-state index >= 15 is 0 Å². The molecule has 1 unspecified atom stereocenters. The number of hydrogen-bond acceptors (Lipinski definition) is 7. The topological polar surface area (TPSA) is 94.2 Å². The largest absolute Gasteiger partial charge is 0.493 e. The van der Waals surface area contributed by atoms with Crippen molar-refractivity contribution in [2.24, 2.45) is 0 Å². The summed E-state index contributed by atoms with van der Waals surface area (Å²) in [7, 11) is 1.30. The van der Waals surface area contributed by atoms with Crippen molar-refractivity contribution < 1.29 is 37.4 Å². The molecule has 31 heavy (non-hydrogen) atoms. The van der Waals surface area contributed by atoms with Gasteiger partial charge >= 0.3 is 6.61 Å². The van der Waals surface area contributed by atoms with E-state index < -0.39 is 23.9 Å². The summed E-state index contributed by atoms with van der Waals surface area (Å²) in [5, 5.41) is 2.19. The summed E-state index contributed by atoms with van der Waals surface area (Å²) in [5.41, 5.74) is 0.472. The van der Waals surface area contributed by atoms with Crippen molar-refractivity contribution in [1.29, 1.82) is 0 Å². The number of methoxy groups -OCH3 is 1. The number of amides is 3. The molecular weight excluding hydrogens is 434 g/mol. The minimum Gasteiger partial charge on any atom is -0.493 e. The number of hydrogen-bond donors (Lipinski definition) is 1. The van der Waals surface area contributed by atoms with Gasteiger partial charge in [-0.25, -0.2) is 0 Å². The lowest BCUT2D eigenvalue weighted by molar-refractivity contribution is -0.133. The number of halogens is 2. The zero-order valence-corrected chi connectivity index (χ0v) is 18.2. The summed E-state index contributed by atoms with van der Waals surface area (Å²) in [6, 6.07) is 4.18. The second-order valence-electron chi connectivity index (χ2n) is 6.27. The average molecular weight is 458 g/mol. The van der Waals surface area contributed by atoms with Gasteiger partial charge in [-0.05, 0) is 48.9 Å². The number of rotatable bonds is 11. The fraction of sp³-hybridized carbons (Fsp3) is 0.450. The Morgan fingerprint density at radius 2 is 2.00 bits per heavy atom. The summed E-state index contributed by atoms with van der Waals surface area (Å²) in [4.78, 5) is 38.0. The number of nitrogens with one attached hydrogen (secondary N) is 1. The maximum absolute atomic E-state index is 12.6. The molecule has 1 N–H and O–H groups in total. The summed E-state index contributed by atoms with van der Waals surface area (Å²) >= 11 is 0.752. The van der Waals surface area contributed by atoms with Gasteiger partial charge in [-0.2, -0.15) is 8.78 Å². The monoisotopic (exact) mass is 458 g/mol. The van der Waals surface area contributed by atoms with Crippen LogP contribution in [0.15, 0.2) is 23.1 Å². The second-order valence-corrected chi connectivity index (χ2v) is 7.26. The summed E-state index contributed by atoms with van der Waals surface area (Å²) < 4.78 is 39.6. The second kappa shape index (κ2) is 11.7. The van der Waals surface area contributed by atoms with Crippen molar-refractivity contribution in [3.05, 3.63) is 28.7 Å². The first-order chi connectivity index (χ1) is 14.8. The molecule has 1 aromatic rings. The van der Waals surface area contributed by atoms with Gasteiger partial charge in [-0.3, -0.25) is 19.3 Å². The van der Waals surface area contributed by atoms with Crippen LogP contribution in [0.25, 0.3) is 6.08 Å². The molecule has 8 nitrogen and oxygen atoms in total. The molecule has 2 rings (SSSR count). The van der Waals surface area contributed by atoms with E-state index in [1.165, 1.54) is 31.4 Å². The number of imide groups is 1. The van der Waals surface area contributed by atoms with Crippen LogP contribution in [0.3, 0.4) is 0 Å². The molecule has 0 spiro atoms. The van der Waals surface area contributed by atoms with Gasteiger partial charge in [-0.15, -0.1) is 0 Å². The Hall–Kier alpha value is -2.66. The van der Waals surface area contributed by atoms with E-state index in [0.29, 0.717) is 18.6 Å². The van der Waals surface area contributed by atoms with Crippen molar-refractivity contribution >= 4 is 34.9 Å². The summed E-state index contributed by atoms with van der Waals surface area (Å²) in [6.45, 7) is 1.12. The first-order valence-corrected chi connectivity index (χ1v) is 10.4. The van der Waals surface area contributed by atoms with E-state index in [9.17, 15) is 23.2 Å². The van der Waals surface area contributed by atoms with Crippen LogP contribution in [-0.2, 0) is 14.3 Å². The third kappa shape index (κ3) is 6.66. The number of thioether (sulfide) groups is 1. The number of ether oxygens (including phenoxy) is 3. The predicted molar refractivity (Wildman–Crippen MR) is 111 cm³/mol. The van der Waals surface area contributed by atoms with Gasteiger partial charge in [0.2, 0.25) is 5.91 Å². The van der Waals surface area contributed by atoms with Gasteiger partial charge in [0.05, 0.1) is 12.0 Å². The van der Waals surface area contributed by atoms with Crippen molar-refractivity contribution in [2.45, 2.75) is 33.0 Å². The fourth-order valence-corrected chi connectivity index (χ4v) is 3.66. The van der Waals surface area contributed by atoms with E-state index in [2.05, 4.69) is 10.1 Å². The molecule has 0 aromatic heterocycles. The van der Waals surface area contributed by atoms with Gasteiger partial charge in [0.25, 0.3) is 11.1 Å². The highest BCUT2D eigenvalue weighted by Gasteiger charge is 2.34. The first kappa shape index (κ1) is 24.6. The van der Waals surface area contributed by atoms with Crippen molar-refractivity contribution in [3.63, 3.8) is 0 Å². The molecule has 11 heteroatoms. The van der Waals surface area contributed by atoms with Crippen LogP contribution in [-0.4, -0.2) is 61.5 Å². The van der Waals surface area contributed by atoms with Crippen LogP contribution >= 0.6 is 11.8 Å². The highest BCUT2D eigenvalue weighted by atomic mass is 32.2. The zero-order chi connectivity index (χ0) is 23.0. The third-order valence-electron chi connectivity index (χ3n) is 4.24. The standard InChI is InChI=1S/C20H24F2N2O6S/c1-4-13(29-5-2)17(25)23-8-9-24-18(26)16(31-20(24)27)11-12-6-7-14(30-19(21)22)15(10-12)28-3/h6-7,10-11,13,19H,4-5,8-9H2,1-3H3,(H,23,25)/b16-11+. The molecule has 1 aliphatic rings. The van der Waals surface area contributed by atoms with E-state index in [-0.39, 0.29) is 35.4 Å². The van der Waals surface area contributed by atoms with Crippen molar-refractivity contribution in [2.75, 3.05) is 26.8 Å². The maximum Gasteiger partial charge on any atom is 0.387 e. The normalized spacial score (nSPS) is 16.2. The molecule has 0 radical (unpaired) electrons. The van der Waals surface area contributed by atoms with Gasteiger partial charge in [0.15, 0.2) is 11.5 Å². The van der Waals surface area contributed by atoms with Crippen LogP contribution in [0.4, 0.5) is 13.6 Å². The van der Waals surface area contributed by atoms with Crippen molar-refractivity contribution in [3.8, 4) is 11.5 Å². The minimum atomic E-state index is -3.00. The molecule has 1 saturated heterocycles. The maximum atomic E-state index is 12.6. The van der Waals surface area contributed by atoms with Gasteiger partial charge in [0, 0.05) is 19.7 Å². The molecule has 0 bridgehead atoms. The molecule has 1 fully saturated rings. The van der Waals surface area contributed by atoms with Gasteiger partial charge < -0.3 is 19.5 Å². The molecule has 0 aliphatic carbocycles. The molecule has 170 valence electrons. The number of alkyl halides is 2. The highest BCUT2D eigenvalue weighted by Crippen LogP contribution is 2.34. The molecule has 3 amide bonds. The summed E-state index contributed by atoms with van der Waals surface area (Å²) in [6.07, 6.45) is 1.39. The van der Waals surface area contributed by atoms with Gasteiger partial charge in [-0.1, -0.05) is 13.0 Å². The van der Waals surface area contributed by atoms with E-state index in [4.69, 9.17) is 9.47 Å². The van der Waals surface area contributed by atoms with Crippen LogP contribution < -0.4 is 14.8 Å². The third-order valence-corrected chi connectivity index (χ3v) is 5.15. The Bertz CT molecular complexity index is 849. The van der Waals surface area contributed by atoms with Gasteiger partial charge in [0.1, 0.15) is 6.10 Å². The number of nitrogens with zero attached hydrogens (tertiary/aromatic N) is 1. The molecule has 1 aliphatic heterocycles. The quantitative estimate of drug-likeness (QED) is 0.509. The number of carbonyl (C=O) groups is 3. The average Bonchev–Trinajstić information content (AvgIpc) is 2.99. The fourth-order valence-electron chi connectivity index (χ4n) is 2.80. The molecule has 1 atom stereocenters. The van der Waals surface area contributed by atoms with Crippen LogP contribution in [0.1, 0.15) is 25.8 Å². The van der Waals surface area contributed by atoms with E-state index in [1.807, 2.05) is 6.92 Å². The zero-order valence-electron chi connectivity index (χ0n) is 17.4. The Kier molecular flexibility index (Phi) is 9.25. The first-order valence-electron chi connectivity index (χ1n) is 9.58. The minimum absolute atomic E-state index is 0.0147. The lowest BCUT2D eigenvalue weighted by atomic mass is 10.2. The lowest BCUT2D eigenvalue weighted by Gasteiger charge is -2.17.